The van der Waals surface area contributed by atoms with Crippen molar-refractivity contribution in [1.82, 2.24) is 0 Å². The molecule has 0 saturated heterocycles. The van der Waals surface area contributed by atoms with Crippen LogP contribution in [0.1, 0.15) is 69.7 Å². The van der Waals surface area contributed by atoms with Gasteiger partial charge in [0.15, 0.2) is 0 Å². The molecule has 0 aliphatic heterocycles. The number of benzene rings is 1. The molecule has 0 saturated carbocycles. The Morgan fingerprint density at radius 2 is 1.68 bits per heavy atom. The Morgan fingerprint density at radius 1 is 1.14 bits per heavy atom. The van der Waals surface area contributed by atoms with Gasteiger partial charge in [0.25, 0.3) is 0 Å². The number of rotatable bonds is 7. The van der Waals surface area contributed by atoms with E-state index in [1.807, 2.05) is 0 Å². The summed E-state index contributed by atoms with van der Waals surface area (Å²) in [5.74, 6) is 0.607. The standard InChI is InChI=1S/C22H34/c1-10-16(4)14-22(8,9)19(7)13-20-11-17(5)18(6)12-21(20)15(2)3/h11-12,19H,2,4,10,13-14H2,1,3,5-9H3/t19-/m1/s1. The molecule has 0 bridgehead atoms. The Labute approximate surface area is 138 Å². The lowest BCUT2D eigenvalue weighted by Crippen LogP contribution is -2.24. The first-order valence-corrected chi connectivity index (χ1v) is 8.51. The summed E-state index contributed by atoms with van der Waals surface area (Å²) in [4.78, 5) is 0. The SMILES string of the molecule is C=C(CC)CC(C)(C)[C@H](C)Cc1cc(C)c(C)cc1C(=C)C. The van der Waals surface area contributed by atoms with Crippen LogP contribution in [0, 0.1) is 25.2 Å². The van der Waals surface area contributed by atoms with Crippen molar-refractivity contribution in [3.8, 4) is 0 Å². The minimum Gasteiger partial charge on any atom is -0.0999 e. The topological polar surface area (TPSA) is 0 Å². The Bertz CT molecular complexity index is 558. The zero-order chi connectivity index (χ0) is 17.1. The fourth-order valence-corrected chi connectivity index (χ4v) is 2.99. The van der Waals surface area contributed by atoms with Crippen LogP contribution >= 0.6 is 0 Å². The van der Waals surface area contributed by atoms with E-state index < -0.39 is 0 Å². The van der Waals surface area contributed by atoms with Crippen molar-refractivity contribution in [3.63, 3.8) is 0 Å². The third-order valence-electron chi connectivity index (χ3n) is 5.25. The lowest BCUT2D eigenvalue weighted by Gasteiger charge is -2.33. The summed E-state index contributed by atoms with van der Waals surface area (Å²) >= 11 is 0. The van der Waals surface area contributed by atoms with Gasteiger partial charge in [0, 0.05) is 0 Å². The van der Waals surface area contributed by atoms with Gasteiger partial charge in [-0.3, -0.25) is 0 Å². The molecule has 0 heteroatoms. The summed E-state index contributed by atoms with van der Waals surface area (Å²) in [5.41, 5.74) is 8.31. The molecular weight excluding hydrogens is 264 g/mol. The minimum atomic E-state index is 0.276. The van der Waals surface area contributed by atoms with Crippen molar-refractivity contribution in [3.05, 3.63) is 53.1 Å². The maximum absolute atomic E-state index is 4.21. The summed E-state index contributed by atoms with van der Waals surface area (Å²) in [5, 5.41) is 0. The zero-order valence-electron chi connectivity index (χ0n) is 15.8. The van der Waals surface area contributed by atoms with Crippen LogP contribution in [-0.2, 0) is 6.42 Å². The van der Waals surface area contributed by atoms with E-state index in [1.165, 1.54) is 33.4 Å². The van der Waals surface area contributed by atoms with Crippen LogP contribution in [-0.4, -0.2) is 0 Å². The molecular formula is C22H34. The van der Waals surface area contributed by atoms with E-state index in [9.17, 15) is 0 Å². The molecule has 1 aromatic carbocycles. The first-order valence-electron chi connectivity index (χ1n) is 8.51. The number of hydrogen-bond donors (Lipinski definition) is 0. The first kappa shape index (κ1) is 18.7. The van der Waals surface area contributed by atoms with E-state index in [-0.39, 0.29) is 5.41 Å². The molecule has 0 nitrogen and oxygen atoms in total. The highest BCUT2D eigenvalue weighted by molar-refractivity contribution is 5.66. The molecule has 122 valence electrons. The second-order valence-corrected chi connectivity index (χ2v) is 7.75. The molecule has 0 amide bonds. The fourth-order valence-electron chi connectivity index (χ4n) is 2.99. The monoisotopic (exact) mass is 298 g/mol. The quantitative estimate of drug-likeness (QED) is 0.480. The predicted octanol–water partition coefficient (Wildman–Crippen LogP) is 6.90. The van der Waals surface area contributed by atoms with Gasteiger partial charge in [-0.25, -0.2) is 0 Å². The predicted molar refractivity (Wildman–Crippen MR) is 101 cm³/mol. The van der Waals surface area contributed by atoms with Crippen LogP contribution in [0.3, 0.4) is 0 Å². The molecule has 0 aliphatic carbocycles. The van der Waals surface area contributed by atoms with Crippen molar-refractivity contribution >= 4 is 5.57 Å². The van der Waals surface area contributed by atoms with Crippen molar-refractivity contribution < 1.29 is 0 Å². The molecule has 22 heavy (non-hydrogen) atoms. The highest BCUT2D eigenvalue weighted by Crippen LogP contribution is 2.37. The van der Waals surface area contributed by atoms with E-state index in [4.69, 9.17) is 0 Å². The second-order valence-electron chi connectivity index (χ2n) is 7.75. The van der Waals surface area contributed by atoms with Gasteiger partial charge in [0.05, 0.1) is 0 Å². The van der Waals surface area contributed by atoms with Crippen molar-refractivity contribution in [1.29, 1.82) is 0 Å². The Kier molecular flexibility index (Phi) is 6.23. The van der Waals surface area contributed by atoms with Crippen LogP contribution in [0.5, 0.6) is 0 Å². The molecule has 0 heterocycles. The van der Waals surface area contributed by atoms with E-state index in [0.29, 0.717) is 5.92 Å². The number of hydrogen-bond acceptors (Lipinski definition) is 0. The van der Waals surface area contributed by atoms with Crippen LogP contribution < -0.4 is 0 Å². The average Bonchev–Trinajstić information content (AvgIpc) is 2.41. The maximum atomic E-state index is 4.21. The lowest BCUT2D eigenvalue weighted by molar-refractivity contribution is 0.226. The molecule has 0 radical (unpaired) electrons. The molecule has 0 aromatic heterocycles. The Morgan fingerprint density at radius 3 is 2.18 bits per heavy atom. The number of aryl methyl sites for hydroxylation is 2. The van der Waals surface area contributed by atoms with Crippen molar-refractivity contribution in [2.45, 2.75) is 67.7 Å². The normalized spacial score (nSPS) is 13.0. The second kappa shape index (κ2) is 7.31. The van der Waals surface area contributed by atoms with Crippen LogP contribution in [0.4, 0.5) is 0 Å². The summed E-state index contributed by atoms with van der Waals surface area (Å²) in [6.45, 7) is 24.2. The van der Waals surface area contributed by atoms with Gasteiger partial charge in [-0.05, 0) is 73.6 Å². The molecule has 0 fully saturated rings. The summed E-state index contributed by atoms with van der Waals surface area (Å²) < 4.78 is 0. The van der Waals surface area contributed by atoms with Gasteiger partial charge in [0.1, 0.15) is 0 Å². The van der Waals surface area contributed by atoms with E-state index >= 15 is 0 Å². The molecule has 0 aliphatic rings. The summed E-state index contributed by atoms with van der Waals surface area (Å²) in [7, 11) is 0. The molecule has 0 unspecified atom stereocenters. The highest BCUT2D eigenvalue weighted by atomic mass is 14.3. The highest BCUT2D eigenvalue weighted by Gasteiger charge is 2.27. The van der Waals surface area contributed by atoms with Crippen LogP contribution in [0.15, 0.2) is 30.9 Å². The Hall–Kier alpha value is -1.30. The zero-order valence-corrected chi connectivity index (χ0v) is 15.8. The molecule has 1 rings (SSSR count). The van der Waals surface area contributed by atoms with E-state index in [2.05, 4.69) is 73.8 Å². The van der Waals surface area contributed by atoms with Gasteiger partial charge >= 0.3 is 0 Å². The van der Waals surface area contributed by atoms with Gasteiger partial charge in [0.2, 0.25) is 0 Å². The summed E-state index contributed by atoms with van der Waals surface area (Å²) in [6.07, 6.45) is 3.29. The van der Waals surface area contributed by atoms with Gasteiger partial charge in [-0.15, -0.1) is 0 Å². The first-order chi connectivity index (χ1) is 10.1. The third kappa shape index (κ3) is 4.60. The van der Waals surface area contributed by atoms with E-state index in [1.54, 1.807) is 0 Å². The van der Waals surface area contributed by atoms with Crippen molar-refractivity contribution in [2.24, 2.45) is 11.3 Å². The van der Waals surface area contributed by atoms with Crippen molar-refractivity contribution in [2.75, 3.05) is 0 Å². The Balaban J connectivity index is 3.05. The third-order valence-corrected chi connectivity index (χ3v) is 5.25. The molecule has 0 spiro atoms. The van der Waals surface area contributed by atoms with Crippen LogP contribution in [0.25, 0.3) is 5.57 Å². The molecule has 1 aromatic rings. The molecule has 0 N–H and O–H groups in total. The smallest absolute Gasteiger partial charge is 0.0198 e. The van der Waals surface area contributed by atoms with Crippen LogP contribution in [0.2, 0.25) is 0 Å². The maximum Gasteiger partial charge on any atom is -0.0198 e. The van der Waals surface area contributed by atoms with Gasteiger partial charge < -0.3 is 0 Å². The average molecular weight is 299 g/mol. The minimum absolute atomic E-state index is 0.276. The largest absolute Gasteiger partial charge is 0.0999 e. The van der Waals surface area contributed by atoms with Gasteiger partial charge in [-0.1, -0.05) is 64.1 Å². The summed E-state index contributed by atoms with van der Waals surface area (Å²) in [6, 6.07) is 4.66. The lowest BCUT2D eigenvalue weighted by atomic mass is 9.72. The molecule has 1 atom stereocenters. The fraction of sp³-hybridized carbons (Fsp3) is 0.545. The van der Waals surface area contributed by atoms with E-state index in [0.717, 1.165) is 19.3 Å². The van der Waals surface area contributed by atoms with Gasteiger partial charge in [-0.2, -0.15) is 0 Å². The number of allylic oxidation sites excluding steroid dienone is 2.